The van der Waals surface area contributed by atoms with Crippen molar-refractivity contribution in [1.29, 1.82) is 0 Å². The summed E-state index contributed by atoms with van der Waals surface area (Å²) in [5.41, 5.74) is 0. The van der Waals surface area contributed by atoms with Crippen LogP contribution in [-0.2, 0) is 4.74 Å². The summed E-state index contributed by atoms with van der Waals surface area (Å²) >= 11 is 1.76. The second-order valence-corrected chi connectivity index (χ2v) is 6.35. The number of thiophene rings is 1. The third-order valence-corrected chi connectivity index (χ3v) is 4.82. The Balaban J connectivity index is 1.54. The normalized spacial score (nSPS) is 23.0. The number of rotatable bonds is 3. The molecule has 1 saturated carbocycles. The van der Waals surface area contributed by atoms with Crippen molar-refractivity contribution < 1.29 is 4.74 Å². The number of morpholine rings is 1. The molecule has 0 amide bonds. The van der Waals surface area contributed by atoms with E-state index in [1.807, 2.05) is 12.3 Å². The van der Waals surface area contributed by atoms with E-state index >= 15 is 0 Å². The van der Waals surface area contributed by atoms with Gasteiger partial charge < -0.3 is 9.64 Å². The lowest BCUT2D eigenvalue weighted by atomic mass is 10.2. The number of aromatic nitrogens is 2. The summed E-state index contributed by atoms with van der Waals surface area (Å²) in [7, 11) is 0. The van der Waals surface area contributed by atoms with Crippen molar-refractivity contribution in [3.8, 4) is 0 Å². The standard InChI is InChI=1S/C15H17N3OS/c1-2-13(20-9-1)12-10-18(7-8-19-12)14-5-6-16-15(17-14)11-3-4-11/h1-2,5-6,9,11-12H,3-4,7-8,10H2. The number of hydrogen-bond acceptors (Lipinski definition) is 5. The highest BCUT2D eigenvalue weighted by Gasteiger charge is 2.28. The van der Waals surface area contributed by atoms with Crippen molar-refractivity contribution in [3.63, 3.8) is 0 Å². The molecule has 2 aromatic rings. The van der Waals surface area contributed by atoms with Gasteiger partial charge in [-0.2, -0.15) is 0 Å². The van der Waals surface area contributed by atoms with Crippen LogP contribution in [-0.4, -0.2) is 29.7 Å². The van der Waals surface area contributed by atoms with Gasteiger partial charge in [0.25, 0.3) is 0 Å². The zero-order valence-electron chi connectivity index (χ0n) is 11.2. The molecule has 2 aliphatic rings. The second kappa shape index (κ2) is 5.14. The molecule has 4 nitrogen and oxygen atoms in total. The second-order valence-electron chi connectivity index (χ2n) is 5.37. The fourth-order valence-corrected chi connectivity index (χ4v) is 3.35. The first kappa shape index (κ1) is 12.3. The van der Waals surface area contributed by atoms with E-state index in [9.17, 15) is 0 Å². The maximum absolute atomic E-state index is 5.89. The van der Waals surface area contributed by atoms with Crippen LogP contribution in [0.4, 0.5) is 5.82 Å². The van der Waals surface area contributed by atoms with E-state index in [-0.39, 0.29) is 6.10 Å². The Morgan fingerprint density at radius 1 is 1.30 bits per heavy atom. The van der Waals surface area contributed by atoms with Gasteiger partial charge in [-0.05, 0) is 30.4 Å². The fraction of sp³-hybridized carbons (Fsp3) is 0.467. The SMILES string of the molecule is c1csc(C2CN(c3ccnc(C4CC4)n3)CCO2)c1. The molecule has 1 unspecified atom stereocenters. The zero-order chi connectivity index (χ0) is 13.4. The van der Waals surface area contributed by atoms with E-state index in [4.69, 9.17) is 9.72 Å². The minimum Gasteiger partial charge on any atom is -0.369 e. The molecule has 1 aliphatic heterocycles. The number of nitrogens with zero attached hydrogens (tertiary/aromatic N) is 3. The molecular formula is C15H17N3OS. The summed E-state index contributed by atoms with van der Waals surface area (Å²) in [6.45, 7) is 2.54. The molecule has 1 atom stereocenters. The van der Waals surface area contributed by atoms with Gasteiger partial charge in [-0.3, -0.25) is 0 Å². The van der Waals surface area contributed by atoms with Crippen molar-refractivity contribution >= 4 is 17.2 Å². The number of anilines is 1. The van der Waals surface area contributed by atoms with E-state index in [0.717, 1.165) is 31.3 Å². The van der Waals surface area contributed by atoms with Gasteiger partial charge in [0.05, 0.1) is 13.2 Å². The molecule has 0 aromatic carbocycles. The lowest BCUT2D eigenvalue weighted by molar-refractivity contribution is 0.0418. The molecule has 4 rings (SSSR count). The molecule has 0 radical (unpaired) electrons. The van der Waals surface area contributed by atoms with Crippen LogP contribution in [0.25, 0.3) is 0 Å². The molecule has 1 saturated heterocycles. The molecule has 104 valence electrons. The van der Waals surface area contributed by atoms with Crippen LogP contribution < -0.4 is 4.90 Å². The molecule has 1 aliphatic carbocycles. The quantitative estimate of drug-likeness (QED) is 0.870. The molecule has 2 aromatic heterocycles. The van der Waals surface area contributed by atoms with E-state index in [1.54, 1.807) is 11.3 Å². The van der Waals surface area contributed by atoms with Gasteiger partial charge in [0.2, 0.25) is 0 Å². The Hall–Kier alpha value is -1.46. The molecule has 20 heavy (non-hydrogen) atoms. The molecule has 2 fully saturated rings. The predicted molar refractivity (Wildman–Crippen MR) is 79.2 cm³/mol. The number of ether oxygens (including phenoxy) is 1. The van der Waals surface area contributed by atoms with Gasteiger partial charge in [0, 0.05) is 23.5 Å². The molecular weight excluding hydrogens is 270 g/mol. The van der Waals surface area contributed by atoms with Crippen LogP contribution >= 0.6 is 11.3 Å². The third kappa shape index (κ3) is 2.43. The minimum atomic E-state index is 0.170. The Morgan fingerprint density at radius 2 is 2.25 bits per heavy atom. The van der Waals surface area contributed by atoms with Crippen molar-refractivity contribution in [2.45, 2.75) is 24.9 Å². The van der Waals surface area contributed by atoms with Crippen LogP contribution in [0.5, 0.6) is 0 Å². The Kier molecular flexibility index (Phi) is 3.16. The third-order valence-electron chi connectivity index (χ3n) is 3.85. The average Bonchev–Trinajstić information content (AvgIpc) is 3.22. The van der Waals surface area contributed by atoms with Gasteiger partial charge in [0.1, 0.15) is 17.7 Å². The largest absolute Gasteiger partial charge is 0.369 e. The zero-order valence-corrected chi connectivity index (χ0v) is 12.1. The van der Waals surface area contributed by atoms with Crippen LogP contribution in [0.15, 0.2) is 29.8 Å². The first-order valence-electron chi connectivity index (χ1n) is 7.13. The smallest absolute Gasteiger partial charge is 0.133 e. The van der Waals surface area contributed by atoms with Gasteiger partial charge in [0.15, 0.2) is 0 Å². The van der Waals surface area contributed by atoms with Crippen molar-refractivity contribution in [1.82, 2.24) is 9.97 Å². The average molecular weight is 287 g/mol. The molecule has 5 heteroatoms. The molecule has 3 heterocycles. The van der Waals surface area contributed by atoms with E-state index in [0.29, 0.717) is 5.92 Å². The lowest BCUT2D eigenvalue weighted by Crippen LogP contribution is -2.38. The van der Waals surface area contributed by atoms with Crippen LogP contribution in [0, 0.1) is 0 Å². The van der Waals surface area contributed by atoms with Crippen molar-refractivity contribution in [2.75, 3.05) is 24.6 Å². The first-order chi connectivity index (χ1) is 9.90. The summed E-state index contributed by atoms with van der Waals surface area (Å²) in [4.78, 5) is 12.8. The summed E-state index contributed by atoms with van der Waals surface area (Å²) in [5, 5.41) is 2.10. The van der Waals surface area contributed by atoms with E-state index in [2.05, 4.69) is 27.4 Å². The van der Waals surface area contributed by atoms with Gasteiger partial charge >= 0.3 is 0 Å². The Labute approximate surface area is 122 Å². The van der Waals surface area contributed by atoms with E-state index < -0.39 is 0 Å². The molecule has 0 N–H and O–H groups in total. The highest BCUT2D eigenvalue weighted by Crippen LogP contribution is 2.38. The van der Waals surface area contributed by atoms with Crippen molar-refractivity contribution in [2.24, 2.45) is 0 Å². The topological polar surface area (TPSA) is 38.2 Å². The summed E-state index contributed by atoms with van der Waals surface area (Å²) < 4.78 is 5.89. The Morgan fingerprint density at radius 3 is 3.05 bits per heavy atom. The van der Waals surface area contributed by atoms with E-state index in [1.165, 1.54) is 17.7 Å². The minimum absolute atomic E-state index is 0.170. The molecule has 0 bridgehead atoms. The summed E-state index contributed by atoms with van der Waals surface area (Å²) in [6, 6.07) is 6.25. The highest BCUT2D eigenvalue weighted by atomic mass is 32.1. The molecule has 0 spiro atoms. The Bertz CT molecular complexity index is 583. The van der Waals surface area contributed by atoms with Crippen LogP contribution in [0.2, 0.25) is 0 Å². The van der Waals surface area contributed by atoms with Gasteiger partial charge in [-0.15, -0.1) is 11.3 Å². The van der Waals surface area contributed by atoms with Crippen LogP contribution in [0.3, 0.4) is 0 Å². The maximum atomic E-state index is 5.89. The van der Waals surface area contributed by atoms with Crippen LogP contribution in [0.1, 0.15) is 35.6 Å². The van der Waals surface area contributed by atoms with Gasteiger partial charge in [-0.25, -0.2) is 9.97 Å². The summed E-state index contributed by atoms with van der Waals surface area (Å²) in [6.07, 6.45) is 4.54. The lowest BCUT2D eigenvalue weighted by Gasteiger charge is -2.33. The van der Waals surface area contributed by atoms with Crippen molar-refractivity contribution in [3.05, 3.63) is 40.5 Å². The highest BCUT2D eigenvalue weighted by molar-refractivity contribution is 7.10. The number of hydrogen-bond donors (Lipinski definition) is 0. The van der Waals surface area contributed by atoms with Gasteiger partial charge in [-0.1, -0.05) is 6.07 Å². The first-order valence-corrected chi connectivity index (χ1v) is 8.01. The predicted octanol–water partition coefficient (Wildman–Crippen LogP) is 2.99. The monoisotopic (exact) mass is 287 g/mol. The fourth-order valence-electron chi connectivity index (χ4n) is 2.58. The summed E-state index contributed by atoms with van der Waals surface area (Å²) in [5.74, 6) is 2.66. The maximum Gasteiger partial charge on any atom is 0.133 e.